The molecule has 1 heterocycles. The molecule has 2 atom stereocenters. The largest absolute Gasteiger partial charge is 0.321 e. The molecule has 1 aliphatic rings. The van der Waals surface area contributed by atoms with Crippen LogP contribution in [0.3, 0.4) is 0 Å². The Labute approximate surface area is 104 Å². The molecule has 0 radical (unpaired) electrons. The lowest BCUT2D eigenvalue weighted by atomic mass is 9.94. The van der Waals surface area contributed by atoms with Gasteiger partial charge in [-0.3, -0.25) is 0 Å². The Balaban J connectivity index is 2.15. The Morgan fingerprint density at radius 3 is 2.76 bits per heavy atom. The van der Waals surface area contributed by atoms with Crippen molar-refractivity contribution in [3.05, 3.63) is 12.2 Å². The summed E-state index contributed by atoms with van der Waals surface area (Å²) in [6.45, 7) is 4.36. The van der Waals surface area contributed by atoms with Gasteiger partial charge in [-0.15, -0.1) is 10.2 Å². The monoisotopic (exact) mass is 236 g/mol. The van der Waals surface area contributed by atoms with Crippen molar-refractivity contribution in [2.24, 2.45) is 11.7 Å². The first kappa shape index (κ1) is 12.6. The number of nitrogens with two attached hydrogens (primary N) is 1. The van der Waals surface area contributed by atoms with Crippen molar-refractivity contribution in [3.63, 3.8) is 0 Å². The van der Waals surface area contributed by atoms with Crippen molar-refractivity contribution >= 4 is 0 Å². The summed E-state index contributed by atoms with van der Waals surface area (Å²) in [7, 11) is 0. The number of hydrogen-bond donors (Lipinski definition) is 1. The van der Waals surface area contributed by atoms with Crippen molar-refractivity contribution < 1.29 is 0 Å². The summed E-state index contributed by atoms with van der Waals surface area (Å²) in [5.74, 6) is 1.44. The maximum atomic E-state index is 6.28. The molecular weight excluding hydrogens is 212 g/mol. The molecule has 4 nitrogen and oxygen atoms in total. The lowest BCUT2D eigenvalue weighted by Gasteiger charge is -2.26. The van der Waals surface area contributed by atoms with Crippen molar-refractivity contribution in [3.8, 4) is 0 Å². The summed E-state index contributed by atoms with van der Waals surface area (Å²) in [6.07, 6.45) is 9.45. The van der Waals surface area contributed by atoms with Gasteiger partial charge in [0, 0.05) is 6.04 Å². The molecule has 4 heteroatoms. The highest BCUT2D eigenvalue weighted by Gasteiger charge is 2.24. The first-order valence-corrected chi connectivity index (χ1v) is 6.89. The van der Waals surface area contributed by atoms with E-state index in [1.807, 2.05) is 6.33 Å². The Bertz CT molecular complexity index is 324. The number of hydrogen-bond acceptors (Lipinski definition) is 3. The molecule has 0 aliphatic heterocycles. The zero-order valence-electron chi connectivity index (χ0n) is 11.0. The summed E-state index contributed by atoms with van der Waals surface area (Å²) in [6, 6.07) is 0.591. The van der Waals surface area contributed by atoms with Gasteiger partial charge in [-0.2, -0.15) is 0 Å². The second-order valence-corrected chi connectivity index (χ2v) is 5.30. The van der Waals surface area contributed by atoms with Gasteiger partial charge < -0.3 is 10.3 Å². The predicted octanol–water partition coefficient (Wildman–Crippen LogP) is 2.83. The lowest BCUT2D eigenvalue weighted by molar-refractivity contribution is 0.327. The molecular formula is C13H24N4. The second-order valence-electron chi connectivity index (χ2n) is 5.30. The summed E-state index contributed by atoms with van der Waals surface area (Å²) in [4.78, 5) is 0. The minimum Gasteiger partial charge on any atom is -0.321 e. The Hall–Kier alpha value is -0.900. The Morgan fingerprint density at radius 1 is 1.41 bits per heavy atom. The molecule has 0 amide bonds. The van der Waals surface area contributed by atoms with Crippen molar-refractivity contribution in [2.75, 3.05) is 0 Å². The molecule has 96 valence electrons. The summed E-state index contributed by atoms with van der Waals surface area (Å²) >= 11 is 0. The van der Waals surface area contributed by atoms with E-state index in [2.05, 4.69) is 28.6 Å². The standard InChI is InChI=1S/C13H24N4/c1-3-10(2)12(14)13-16-15-9-17(13)11-7-5-4-6-8-11/h9-12H,3-8,14H2,1-2H3/t10?,12-/m0/s1. The van der Waals surface area contributed by atoms with Crippen LogP contribution in [-0.4, -0.2) is 14.8 Å². The van der Waals surface area contributed by atoms with Crippen molar-refractivity contribution in [2.45, 2.75) is 64.5 Å². The highest BCUT2D eigenvalue weighted by molar-refractivity contribution is 4.98. The fourth-order valence-corrected chi connectivity index (χ4v) is 2.64. The molecule has 17 heavy (non-hydrogen) atoms. The maximum absolute atomic E-state index is 6.28. The normalized spacial score (nSPS) is 21.4. The van der Waals surface area contributed by atoms with Crippen LogP contribution in [0, 0.1) is 5.92 Å². The molecule has 1 aromatic rings. The highest BCUT2D eigenvalue weighted by atomic mass is 15.3. The van der Waals surface area contributed by atoms with Gasteiger partial charge in [-0.25, -0.2) is 0 Å². The van der Waals surface area contributed by atoms with Gasteiger partial charge >= 0.3 is 0 Å². The average Bonchev–Trinajstić information content (AvgIpc) is 2.87. The minimum absolute atomic E-state index is 0.0180. The Morgan fingerprint density at radius 2 is 2.12 bits per heavy atom. The topological polar surface area (TPSA) is 56.7 Å². The molecule has 0 aromatic carbocycles. The van der Waals surface area contributed by atoms with E-state index in [4.69, 9.17) is 5.73 Å². The third kappa shape index (κ3) is 2.68. The van der Waals surface area contributed by atoms with Crippen LogP contribution >= 0.6 is 0 Å². The smallest absolute Gasteiger partial charge is 0.150 e. The van der Waals surface area contributed by atoms with Crippen LogP contribution in [0.2, 0.25) is 0 Å². The van der Waals surface area contributed by atoms with Crippen LogP contribution < -0.4 is 5.73 Å². The SMILES string of the molecule is CCC(C)[C@H](N)c1nncn1C1CCCCC1. The zero-order valence-corrected chi connectivity index (χ0v) is 11.0. The van der Waals surface area contributed by atoms with Crippen molar-refractivity contribution in [1.29, 1.82) is 0 Å². The van der Waals surface area contributed by atoms with E-state index >= 15 is 0 Å². The van der Waals surface area contributed by atoms with Gasteiger partial charge in [-0.05, 0) is 18.8 Å². The van der Waals surface area contributed by atoms with Crippen LogP contribution in [0.5, 0.6) is 0 Å². The molecule has 0 spiro atoms. The molecule has 2 rings (SSSR count). The first-order chi connectivity index (χ1) is 8.24. The third-order valence-corrected chi connectivity index (χ3v) is 4.12. The molecule has 1 saturated carbocycles. The van der Waals surface area contributed by atoms with Crippen LogP contribution in [-0.2, 0) is 0 Å². The van der Waals surface area contributed by atoms with E-state index in [0.717, 1.165) is 12.2 Å². The van der Waals surface area contributed by atoms with Gasteiger partial charge in [0.1, 0.15) is 12.2 Å². The molecule has 1 unspecified atom stereocenters. The molecule has 2 N–H and O–H groups in total. The van der Waals surface area contributed by atoms with Gasteiger partial charge in [-0.1, -0.05) is 39.5 Å². The molecule has 1 aromatic heterocycles. The highest BCUT2D eigenvalue weighted by Crippen LogP contribution is 2.31. The minimum atomic E-state index is 0.0180. The van der Waals surface area contributed by atoms with Crippen LogP contribution in [0.25, 0.3) is 0 Å². The van der Waals surface area contributed by atoms with Crippen LogP contribution in [0.15, 0.2) is 6.33 Å². The summed E-state index contributed by atoms with van der Waals surface area (Å²) in [5, 5.41) is 8.32. The van der Waals surface area contributed by atoms with Crippen LogP contribution in [0.1, 0.15) is 70.3 Å². The lowest BCUT2D eigenvalue weighted by Crippen LogP contribution is -2.25. The van der Waals surface area contributed by atoms with E-state index in [-0.39, 0.29) is 6.04 Å². The second kappa shape index (κ2) is 5.63. The number of aromatic nitrogens is 3. The van der Waals surface area contributed by atoms with Crippen molar-refractivity contribution in [1.82, 2.24) is 14.8 Å². The maximum Gasteiger partial charge on any atom is 0.150 e. The third-order valence-electron chi connectivity index (χ3n) is 4.12. The van der Waals surface area contributed by atoms with Gasteiger partial charge in [0.15, 0.2) is 0 Å². The summed E-state index contributed by atoms with van der Waals surface area (Å²) < 4.78 is 2.23. The van der Waals surface area contributed by atoms with E-state index in [9.17, 15) is 0 Å². The van der Waals surface area contributed by atoms with E-state index in [1.54, 1.807) is 0 Å². The van der Waals surface area contributed by atoms with Gasteiger partial charge in [0.25, 0.3) is 0 Å². The fourth-order valence-electron chi connectivity index (χ4n) is 2.64. The zero-order chi connectivity index (χ0) is 12.3. The molecule has 1 fully saturated rings. The predicted molar refractivity (Wildman–Crippen MR) is 68.5 cm³/mol. The number of rotatable bonds is 4. The Kier molecular flexibility index (Phi) is 4.15. The first-order valence-electron chi connectivity index (χ1n) is 6.89. The van der Waals surface area contributed by atoms with Gasteiger partial charge in [0.05, 0.1) is 6.04 Å². The average molecular weight is 236 g/mol. The van der Waals surface area contributed by atoms with Gasteiger partial charge in [0.2, 0.25) is 0 Å². The number of nitrogens with zero attached hydrogens (tertiary/aromatic N) is 3. The summed E-state index contributed by atoms with van der Waals surface area (Å²) in [5.41, 5.74) is 6.28. The quantitative estimate of drug-likeness (QED) is 0.874. The van der Waals surface area contributed by atoms with E-state index in [0.29, 0.717) is 12.0 Å². The molecule has 1 aliphatic carbocycles. The molecule has 0 saturated heterocycles. The fraction of sp³-hybridized carbons (Fsp3) is 0.846. The van der Waals surface area contributed by atoms with Crippen LogP contribution in [0.4, 0.5) is 0 Å². The van der Waals surface area contributed by atoms with E-state index in [1.165, 1.54) is 32.1 Å². The molecule has 0 bridgehead atoms. The van der Waals surface area contributed by atoms with E-state index < -0.39 is 0 Å².